The predicted octanol–water partition coefficient (Wildman–Crippen LogP) is 2.85. The Morgan fingerprint density at radius 1 is 1.26 bits per heavy atom. The third kappa shape index (κ3) is 4.57. The Morgan fingerprint density at radius 3 is 2.47 bits per heavy atom. The average Bonchev–Trinajstić information content (AvgIpc) is 2.35. The molecule has 0 N–H and O–H groups in total. The summed E-state index contributed by atoms with van der Waals surface area (Å²) in [5.74, 6) is -1.36. The number of ketones is 1. The van der Waals surface area contributed by atoms with Gasteiger partial charge >= 0.3 is 12.1 Å². The van der Waals surface area contributed by atoms with Gasteiger partial charge < -0.3 is 4.74 Å². The number of alkyl halides is 3. The van der Waals surface area contributed by atoms with Crippen LogP contribution >= 0.6 is 0 Å². The molecule has 0 atom stereocenters. The van der Waals surface area contributed by atoms with E-state index >= 15 is 0 Å². The highest BCUT2D eigenvalue weighted by Gasteiger charge is 2.32. The van der Waals surface area contributed by atoms with Gasteiger partial charge in [0.1, 0.15) is 6.42 Å². The smallest absolute Gasteiger partial charge is 0.416 e. The van der Waals surface area contributed by atoms with E-state index in [0.29, 0.717) is 0 Å². The molecule has 0 aliphatic carbocycles. The van der Waals surface area contributed by atoms with Crippen molar-refractivity contribution in [1.29, 1.82) is 0 Å². The third-order valence-electron chi connectivity index (χ3n) is 2.26. The van der Waals surface area contributed by atoms with Crippen molar-refractivity contribution in [2.24, 2.45) is 0 Å². The first-order valence-corrected chi connectivity index (χ1v) is 5.28. The molecular weight excluding hydrogens is 261 g/mol. The number of carbonyl (C=O) groups excluding carboxylic acids is 2. The number of hydrogen-bond acceptors (Lipinski definition) is 3. The number of carbonyl (C=O) groups is 2. The van der Waals surface area contributed by atoms with Gasteiger partial charge in [0.2, 0.25) is 0 Å². The zero-order chi connectivity index (χ0) is 14.5. The van der Waals surface area contributed by atoms with Crippen molar-refractivity contribution in [3.63, 3.8) is 0 Å². The quantitative estimate of drug-likeness (QED) is 0.481. The number of hydrogen-bond donors (Lipinski definition) is 0. The summed E-state index contributed by atoms with van der Waals surface area (Å²) in [4.78, 5) is 22.1. The minimum absolute atomic E-state index is 0.131. The van der Waals surface area contributed by atoms with Gasteiger partial charge in [-0.25, -0.2) is 0 Å². The van der Waals surface area contributed by atoms with Crippen molar-refractivity contribution < 1.29 is 27.5 Å². The van der Waals surface area contributed by atoms with Gasteiger partial charge in [0.05, 0.1) is 12.7 Å². The summed E-state index contributed by atoms with van der Waals surface area (Å²) < 4.78 is 42.2. The van der Waals surface area contributed by atoms with Crippen LogP contribution in [-0.4, -0.2) is 18.9 Å². The largest absolute Gasteiger partial charge is 0.469 e. The zero-order valence-electron chi connectivity index (χ0n) is 10.0. The van der Waals surface area contributed by atoms with Gasteiger partial charge in [-0.3, -0.25) is 9.59 Å². The summed E-state index contributed by atoms with van der Waals surface area (Å²) >= 11 is 0. The normalized spacial score (nSPS) is 11.6. The first-order valence-electron chi connectivity index (χ1n) is 5.28. The van der Waals surface area contributed by atoms with Gasteiger partial charge in [0.25, 0.3) is 0 Å². The van der Waals surface area contributed by atoms with Crippen LogP contribution in [0, 0.1) is 0 Å². The molecule has 1 rings (SSSR count). The maximum Gasteiger partial charge on any atom is 0.416 e. The highest BCUT2D eigenvalue weighted by atomic mass is 19.4. The van der Waals surface area contributed by atoms with Gasteiger partial charge in [-0.05, 0) is 17.7 Å². The Labute approximate surface area is 107 Å². The molecule has 19 heavy (non-hydrogen) atoms. The molecule has 0 fully saturated rings. The van der Waals surface area contributed by atoms with Crippen molar-refractivity contribution in [2.45, 2.75) is 12.6 Å². The van der Waals surface area contributed by atoms with Crippen LogP contribution in [0.15, 0.2) is 30.3 Å². The molecule has 0 heterocycles. The maximum absolute atomic E-state index is 12.6. The minimum atomic E-state index is -4.49. The van der Waals surface area contributed by atoms with Crippen LogP contribution < -0.4 is 0 Å². The molecule has 3 nitrogen and oxygen atoms in total. The topological polar surface area (TPSA) is 43.4 Å². The second-order valence-electron chi connectivity index (χ2n) is 3.64. The van der Waals surface area contributed by atoms with Crippen molar-refractivity contribution in [3.8, 4) is 0 Å². The monoisotopic (exact) mass is 272 g/mol. The molecule has 6 heteroatoms. The molecular formula is C13H11F3O3. The molecule has 0 aliphatic rings. The number of ether oxygens (including phenoxy) is 1. The van der Waals surface area contributed by atoms with Crippen LogP contribution in [0.2, 0.25) is 0 Å². The number of halogens is 3. The molecule has 0 unspecified atom stereocenters. The first kappa shape index (κ1) is 14.9. The van der Waals surface area contributed by atoms with Crippen LogP contribution in [0.4, 0.5) is 13.2 Å². The lowest BCUT2D eigenvalue weighted by molar-refractivity contribution is -0.142. The second-order valence-corrected chi connectivity index (χ2v) is 3.64. The second kappa shape index (κ2) is 6.17. The van der Waals surface area contributed by atoms with E-state index in [9.17, 15) is 22.8 Å². The van der Waals surface area contributed by atoms with Crippen molar-refractivity contribution in [1.82, 2.24) is 0 Å². The van der Waals surface area contributed by atoms with Crippen molar-refractivity contribution in [3.05, 3.63) is 41.5 Å². The maximum atomic E-state index is 12.6. The lowest BCUT2D eigenvalue weighted by atomic mass is 10.1. The summed E-state index contributed by atoms with van der Waals surface area (Å²) in [6, 6.07) is 4.85. The van der Waals surface area contributed by atoms with Gasteiger partial charge in [-0.15, -0.1) is 0 Å². The first-order chi connectivity index (χ1) is 8.84. The molecule has 0 spiro atoms. The molecule has 1 aromatic carbocycles. The Morgan fingerprint density at radius 2 is 1.89 bits per heavy atom. The van der Waals surface area contributed by atoms with Crippen LogP contribution in [-0.2, 0) is 20.5 Å². The third-order valence-corrected chi connectivity index (χ3v) is 2.26. The van der Waals surface area contributed by atoms with Crippen molar-refractivity contribution >= 4 is 17.8 Å². The molecule has 1 aromatic rings. The van der Waals surface area contributed by atoms with E-state index in [4.69, 9.17) is 0 Å². The van der Waals surface area contributed by atoms with Gasteiger partial charge in [0.15, 0.2) is 5.78 Å². The molecule has 102 valence electrons. The highest BCUT2D eigenvalue weighted by molar-refractivity contribution is 6.03. The van der Waals surface area contributed by atoms with E-state index in [-0.39, 0.29) is 5.56 Å². The zero-order valence-corrected chi connectivity index (χ0v) is 10.0. The number of benzene rings is 1. The molecule has 0 saturated carbocycles. The molecule has 0 bridgehead atoms. The number of rotatable bonds is 4. The number of esters is 1. The molecule has 0 radical (unpaired) electrons. The van der Waals surface area contributed by atoms with E-state index in [1.54, 1.807) is 0 Å². The van der Waals surface area contributed by atoms with Crippen LogP contribution in [0.5, 0.6) is 0 Å². The molecule has 0 aromatic heterocycles. The standard InChI is InChI=1S/C13H11F3O3/c1-19-12(18)8-10(17)7-6-9-4-2-3-5-11(9)13(14,15)16/h2-7H,8H2,1H3. The fraction of sp³-hybridized carbons (Fsp3) is 0.231. The predicted molar refractivity (Wildman–Crippen MR) is 62.1 cm³/mol. The van der Waals surface area contributed by atoms with Crippen molar-refractivity contribution in [2.75, 3.05) is 7.11 Å². The lowest BCUT2D eigenvalue weighted by Crippen LogP contribution is -2.08. The van der Waals surface area contributed by atoms with E-state index in [2.05, 4.69) is 4.74 Å². The minimum Gasteiger partial charge on any atom is -0.469 e. The molecule has 0 amide bonds. The summed E-state index contributed by atoms with van der Waals surface area (Å²) in [6.45, 7) is 0. The Kier molecular flexibility index (Phi) is 4.86. The Bertz CT molecular complexity index is 504. The Balaban J connectivity index is 2.88. The van der Waals surface area contributed by atoms with Crippen LogP contribution in [0.1, 0.15) is 17.5 Å². The van der Waals surface area contributed by atoms with Gasteiger partial charge in [-0.1, -0.05) is 24.3 Å². The van der Waals surface area contributed by atoms with E-state index in [1.807, 2.05) is 0 Å². The number of allylic oxidation sites excluding steroid dienone is 1. The molecule has 0 saturated heterocycles. The highest BCUT2D eigenvalue weighted by Crippen LogP contribution is 2.32. The summed E-state index contributed by atoms with van der Waals surface area (Å²) in [5.41, 5.74) is -0.967. The van der Waals surface area contributed by atoms with E-state index in [1.165, 1.54) is 18.2 Å². The molecule has 0 aliphatic heterocycles. The Hall–Kier alpha value is -2.11. The lowest BCUT2D eigenvalue weighted by Gasteiger charge is -2.09. The van der Waals surface area contributed by atoms with Crippen LogP contribution in [0.25, 0.3) is 6.08 Å². The average molecular weight is 272 g/mol. The van der Waals surface area contributed by atoms with Gasteiger partial charge in [-0.2, -0.15) is 13.2 Å². The number of methoxy groups -OCH3 is 1. The van der Waals surface area contributed by atoms with E-state index < -0.39 is 29.9 Å². The van der Waals surface area contributed by atoms with E-state index in [0.717, 1.165) is 25.3 Å². The summed E-state index contributed by atoms with van der Waals surface area (Å²) in [6.07, 6.45) is -3.02. The van der Waals surface area contributed by atoms with Gasteiger partial charge in [0, 0.05) is 0 Å². The summed E-state index contributed by atoms with van der Waals surface area (Å²) in [5, 5.41) is 0. The summed E-state index contributed by atoms with van der Waals surface area (Å²) in [7, 11) is 1.12. The fourth-order valence-corrected chi connectivity index (χ4v) is 1.36. The SMILES string of the molecule is COC(=O)CC(=O)C=Cc1ccccc1C(F)(F)F. The van der Waals surface area contributed by atoms with Crippen LogP contribution in [0.3, 0.4) is 0 Å². The fourth-order valence-electron chi connectivity index (χ4n) is 1.36.